The molecule has 100 valence electrons. The van der Waals surface area contributed by atoms with Crippen LogP contribution in [-0.2, 0) is 6.54 Å². The van der Waals surface area contributed by atoms with E-state index in [4.69, 9.17) is 5.11 Å². The van der Waals surface area contributed by atoms with E-state index in [9.17, 15) is 4.39 Å². The Morgan fingerprint density at radius 2 is 1.79 bits per heavy atom. The first-order chi connectivity index (χ1) is 9.06. The molecule has 0 aromatic heterocycles. The first-order valence-electron chi connectivity index (χ1n) is 6.37. The van der Waals surface area contributed by atoms with Gasteiger partial charge in [-0.2, -0.15) is 0 Å². The van der Waals surface area contributed by atoms with Crippen LogP contribution in [0.25, 0.3) is 0 Å². The maximum Gasteiger partial charge on any atom is 0.166 e. The number of aromatic hydroxyl groups is 1. The normalized spacial score (nSPS) is 10.7. The molecule has 2 nitrogen and oxygen atoms in total. The first-order valence-corrected chi connectivity index (χ1v) is 6.37. The fourth-order valence-corrected chi connectivity index (χ4v) is 1.84. The summed E-state index contributed by atoms with van der Waals surface area (Å²) < 4.78 is 13.2. The van der Waals surface area contributed by atoms with Crippen molar-refractivity contribution in [2.75, 3.05) is 5.32 Å². The lowest BCUT2D eigenvalue weighted by molar-refractivity contribution is 0.432. The van der Waals surface area contributed by atoms with Gasteiger partial charge < -0.3 is 10.4 Å². The summed E-state index contributed by atoms with van der Waals surface area (Å²) in [4.78, 5) is 0. The van der Waals surface area contributed by atoms with Crippen LogP contribution >= 0.6 is 0 Å². The Kier molecular flexibility index (Phi) is 4.05. The van der Waals surface area contributed by atoms with Gasteiger partial charge in [-0.3, -0.25) is 0 Å². The molecular formula is C16H18FNO. The molecule has 0 aliphatic carbocycles. The molecular weight excluding hydrogens is 241 g/mol. The number of rotatable bonds is 4. The van der Waals surface area contributed by atoms with E-state index in [0.29, 0.717) is 18.2 Å². The van der Waals surface area contributed by atoms with Gasteiger partial charge in [0.05, 0.1) is 0 Å². The number of phenols is 1. The molecule has 0 atom stereocenters. The Morgan fingerprint density at radius 1 is 1.11 bits per heavy atom. The Balaban J connectivity index is 2.00. The summed E-state index contributed by atoms with van der Waals surface area (Å²) in [6, 6.07) is 12.6. The minimum Gasteiger partial charge on any atom is -0.505 e. The third-order valence-electron chi connectivity index (χ3n) is 3.09. The highest BCUT2D eigenvalue weighted by Gasteiger charge is 2.02. The first kappa shape index (κ1) is 13.4. The third kappa shape index (κ3) is 3.47. The number of phenolic OH excluding ortho intramolecular Hbond substituents is 1. The minimum atomic E-state index is -0.611. The number of hydrogen-bond donors (Lipinski definition) is 2. The molecule has 2 aromatic rings. The predicted octanol–water partition coefficient (Wildman–Crippen LogP) is 4.27. The highest BCUT2D eigenvalue weighted by molar-refractivity contribution is 5.47. The highest BCUT2D eigenvalue weighted by atomic mass is 19.1. The third-order valence-corrected chi connectivity index (χ3v) is 3.09. The second kappa shape index (κ2) is 5.74. The van der Waals surface area contributed by atoms with Gasteiger partial charge in [-0.25, -0.2) is 4.39 Å². The summed E-state index contributed by atoms with van der Waals surface area (Å²) in [6.45, 7) is 4.95. The zero-order valence-corrected chi connectivity index (χ0v) is 11.2. The van der Waals surface area contributed by atoms with Crippen LogP contribution in [0.2, 0.25) is 0 Å². The van der Waals surface area contributed by atoms with Crippen molar-refractivity contribution in [3.63, 3.8) is 0 Å². The van der Waals surface area contributed by atoms with Crippen LogP contribution in [-0.4, -0.2) is 5.11 Å². The molecule has 0 aliphatic rings. The van der Waals surface area contributed by atoms with Gasteiger partial charge in [0.1, 0.15) is 0 Å². The van der Waals surface area contributed by atoms with Crippen LogP contribution < -0.4 is 5.32 Å². The quantitative estimate of drug-likeness (QED) is 0.804. The molecule has 2 aromatic carbocycles. The van der Waals surface area contributed by atoms with Gasteiger partial charge in [0.25, 0.3) is 0 Å². The van der Waals surface area contributed by atoms with E-state index < -0.39 is 5.82 Å². The maximum absolute atomic E-state index is 13.2. The van der Waals surface area contributed by atoms with Crippen LogP contribution in [0.5, 0.6) is 5.75 Å². The number of anilines is 1. The molecule has 3 heteroatoms. The number of hydrogen-bond acceptors (Lipinski definition) is 2. The van der Waals surface area contributed by atoms with E-state index >= 15 is 0 Å². The summed E-state index contributed by atoms with van der Waals surface area (Å²) in [5, 5.41) is 12.2. The van der Waals surface area contributed by atoms with Crippen molar-refractivity contribution in [1.29, 1.82) is 0 Å². The van der Waals surface area contributed by atoms with E-state index in [1.165, 1.54) is 17.7 Å². The van der Waals surface area contributed by atoms with E-state index in [0.717, 1.165) is 5.56 Å². The van der Waals surface area contributed by atoms with Crippen molar-refractivity contribution in [3.05, 3.63) is 59.4 Å². The summed E-state index contributed by atoms with van der Waals surface area (Å²) in [7, 11) is 0. The van der Waals surface area contributed by atoms with Crippen LogP contribution in [0.3, 0.4) is 0 Å². The molecule has 0 spiro atoms. The van der Waals surface area contributed by atoms with Gasteiger partial charge in [0, 0.05) is 18.3 Å². The number of halogens is 1. The fraction of sp³-hybridized carbons (Fsp3) is 0.250. The smallest absolute Gasteiger partial charge is 0.166 e. The van der Waals surface area contributed by atoms with Crippen molar-refractivity contribution in [1.82, 2.24) is 0 Å². The Hall–Kier alpha value is -2.03. The Morgan fingerprint density at radius 3 is 2.37 bits per heavy atom. The van der Waals surface area contributed by atoms with Crippen molar-refractivity contribution < 1.29 is 9.50 Å². The van der Waals surface area contributed by atoms with E-state index in [-0.39, 0.29) is 5.75 Å². The van der Waals surface area contributed by atoms with E-state index in [1.54, 1.807) is 6.07 Å². The second-order valence-corrected chi connectivity index (χ2v) is 4.92. The average Bonchev–Trinajstić information content (AvgIpc) is 2.40. The van der Waals surface area contributed by atoms with Gasteiger partial charge in [0.15, 0.2) is 11.6 Å². The fourth-order valence-electron chi connectivity index (χ4n) is 1.84. The molecule has 0 radical (unpaired) electrons. The van der Waals surface area contributed by atoms with Crippen LogP contribution in [0.1, 0.15) is 30.9 Å². The Bertz CT molecular complexity index is 549. The number of benzene rings is 2. The van der Waals surface area contributed by atoms with Gasteiger partial charge >= 0.3 is 0 Å². The number of nitrogens with one attached hydrogen (secondary N) is 1. The van der Waals surface area contributed by atoms with Gasteiger partial charge in [-0.1, -0.05) is 38.1 Å². The SMILES string of the molecule is CC(C)c1ccc(CNc2ccc(O)c(F)c2)cc1. The van der Waals surface area contributed by atoms with Gasteiger partial charge in [-0.15, -0.1) is 0 Å². The molecule has 0 amide bonds. The zero-order chi connectivity index (χ0) is 13.8. The van der Waals surface area contributed by atoms with Crippen LogP contribution in [0.4, 0.5) is 10.1 Å². The van der Waals surface area contributed by atoms with Gasteiger partial charge in [-0.05, 0) is 29.2 Å². The van der Waals surface area contributed by atoms with Crippen molar-refractivity contribution in [2.45, 2.75) is 26.3 Å². The topological polar surface area (TPSA) is 32.3 Å². The Labute approximate surface area is 112 Å². The molecule has 0 heterocycles. The lowest BCUT2D eigenvalue weighted by Gasteiger charge is -2.09. The van der Waals surface area contributed by atoms with Gasteiger partial charge in [0.2, 0.25) is 0 Å². The standard InChI is InChI=1S/C16H18FNO/c1-11(2)13-5-3-12(4-6-13)10-18-14-7-8-16(19)15(17)9-14/h3-9,11,18-19H,10H2,1-2H3. The molecule has 0 saturated heterocycles. The summed E-state index contributed by atoms with van der Waals surface area (Å²) in [5.74, 6) is -0.416. The highest BCUT2D eigenvalue weighted by Crippen LogP contribution is 2.20. The van der Waals surface area contributed by atoms with Crippen LogP contribution in [0.15, 0.2) is 42.5 Å². The second-order valence-electron chi connectivity index (χ2n) is 4.92. The molecule has 0 fully saturated rings. The minimum absolute atomic E-state index is 0.327. The molecule has 2 N–H and O–H groups in total. The zero-order valence-electron chi connectivity index (χ0n) is 11.2. The predicted molar refractivity (Wildman–Crippen MR) is 75.9 cm³/mol. The summed E-state index contributed by atoms with van der Waals surface area (Å²) in [5.41, 5.74) is 3.10. The summed E-state index contributed by atoms with van der Waals surface area (Å²) >= 11 is 0. The molecule has 0 bridgehead atoms. The summed E-state index contributed by atoms with van der Waals surface area (Å²) in [6.07, 6.45) is 0. The molecule has 19 heavy (non-hydrogen) atoms. The van der Waals surface area contributed by atoms with Crippen LogP contribution in [0, 0.1) is 5.82 Å². The van der Waals surface area contributed by atoms with Crippen molar-refractivity contribution >= 4 is 5.69 Å². The molecule has 0 aliphatic heterocycles. The molecule has 2 rings (SSSR count). The molecule has 0 unspecified atom stereocenters. The van der Waals surface area contributed by atoms with E-state index in [1.807, 2.05) is 0 Å². The van der Waals surface area contributed by atoms with Crippen molar-refractivity contribution in [3.8, 4) is 5.75 Å². The lowest BCUT2D eigenvalue weighted by Crippen LogP contribution is -2.00. The average molecular weight is 259 g/mol. The van der Waals surface area contributed by atoms with Crippen molar-refractivity contribution in [2.24, 2.45) is 0 Å². The van der Waals surface area contributed by atoms with E-state index in [2.05, 4.69) is 43.4 Å². The largest absolute Gasteiger partial charge is 0.505 e. The lowest BCUT2D eigenvalue weighted by atomic mass is 10.0. The monoisotopic (exact) mass is 259 g/mol. The maximum atomic E-state index is 13.2. The molecule has 0 saturated carbocycles.